The molecule has 14 nitrogen and oxygen atoms in total. The summed E-state index contributed by atoms with van der Waals surface area (Å²) in [5.74, 6) is -3.03. The predicted molar refractivity (Wildman–Crippen MR) is 177 cm³/mol. The number of rotatable bonds is 33. The highest BCUT2D eigenvalue weighted by molar-refractivity contribution is 5.84. The van der Waals surface area contributed by atoms with Crippen LogP contribution in [0.2, 0.25) is 0 Å². The summed E-state index contributed by atoms with van der Waals surface area (Å²) in [6, 6.07) is -1.12. The highest BCUT2D eigenvalue weighted by Crippen LogP contribution is 2.14. The van der Waals surface area contributed by atoms with Gasteiger partial charge in [-0.1, -0.05) is 77.0 Å². The van der Waals surface area contributed by atoms with Crippen molar-refractivity contribution in [1.82, 2.24) is 21.3 Å². The second-order valence-electron chi connectivity index (χ2n) is 11.7. The minimum absolute atomic E-state index is 0.0126. The molecule has 0 saturated heterocycles. The Kier molecular flexibility index (Phi) is 29.2. The number of carboxylic acid groups (broad SMARTS) is 2. The van der Waals surface area contributed by atoms with E-state index in [1.165, 1.54) is 51.9 Å². The van der Waals surface area contributed by atoms with Gasteiger partial charge in [0.2, 0.25) is 23.6 Å². The number of ether oxygens (including phenoxy) is 2. The third-order valence-electron chi connectivity index (χ3n) is 7.33. The van der Waals surface area contributed by atoms with E-state index in [2.05, 4.69) is 21.3 Å². The third-order valence-corrected chi connectivity index (χ3v) is 7.33. The molecule has 0 aliphatic rings. The highest BCUT2D eigenvalue weighted by atomic mass is 16.5. The largest absolute Gasteiger partial charge is 0.481 e. The third kappa shape index (κ3) is 32.5. The average Bonchev–Trinajstić information content (AvgIpc) is 3.01. The van der Waals surface area contributed by atoms with E-state index in [1.807, 2.05) is 0 Å². The van der Waals surface area contributed by atoms with Crippen LogP contribution in [0, 0.1) is 0 Å². The summed E-state index contributed by atoms with van der Waals surface area (Å²) in [6.45, 7) is 2.77. The average molecular weight is 673 g/mol. The number of amides is 4. The second kappa shape index (κ2) is 31.3. The molecule has 4 amide bonds. The number of aliphatic carboxylic acids is 2. The summed E-state index contributed by atoms with van der Waals surface area (Å²) in [7, 11) is 0. The molecule has 0 aromatic rings. The zero-order valence-corrected chi connectivity index (χ0v) is 28.4. The smallest absolute Gasteiger partial charge is 0.326 e. The van der Waals surface area contributed by atoms with Gasteiger partial charge in [-0.25, -0.2) is 4.79 Å². The number of hydrogen-bond acceptors (Lipinski definition) is 8. The molecule has 0 fully saturated rings. The molecule has 0 aliphatic heterocycles. The van der Waals surface area contributed by atoms with E-state index in [0.717, 1.165) is 38.5 Å². The first-order valence-corrected chi connectivity index (χ1v) is 17.3. The van der Waals surface area contributed by atoms with Crippen molar-refractivity contribution in [2.45, 2.75) is 129 Å². The SMILES string of the molecule is CC(=O)NCCNC(=O)COCCOCCNC(=O)CCC(NC(=O)CCCCCCCCCCCCCCCCC(=O)O)C(=O)O. The predicted octanol–water partition coefficient (Wildman–Crippen LogP) is 3.06. The van der Waals surface area contributed by atoms with Crippen molar-refractivity contribution >= 4 is 35.6 Å². The number of nitrogens with one attached hydrogen (secondary N) is 4. The maximum atomic E-state index is 12.2. The van der Waals surface area contributed by atoms with Crippen molar-refractivity contribution in [3.8, 4) is 0 Å². The molecule has 0 aromatic carbocycles. The molecular weight excluding hydrogens is 612 g/mol. The van der Waals surface area contributed by atoms with Gasteiger partial charge in [0.05, 0.1) is 19.8 Å². The van der Waals surface area contributed by atoms with E-state index in [0.29, 0.717) is 19.5 Å². The van der Waals surface area contributed by atoms with Crippen LogP contribution >= 0.6 is 0 Å². The molecular formula is C33H60N4O10. The van der Waals surface area contributed by atoms with Gasteiger partial charge < -0.3 is 41.0 Å². The number of hydrogen-bond donors (Lipinski definition) is 6. The zero-order valence-electron chi connectivity index (χ0n) is 28.4. The Morgan fingerprint density at radius 1 is 0.532 bits per heavy atom. The lowest BCUT2D eigenvalue weighted by atomic mass is 10.0. The fourth-order valence-electron chi connectivity index (χ4n) is 4.71. The maximum Gasteiger partial charge on any atom is 0.326 e. The minimum atomic E-state index is -1.17. The van der Waals surface area contributed by atoms with Crippen LogP contribution in [-0.2, 0) is 38.2 Å². The highest BCUT2D eigenvalue weighted by Gasteiger charge is 2.20. The lowest BCUT2D eigenvalue weighted by Gasteiger charge is -2.14. The molecule has 272 valence electrons. The van der Waals surface area contributed by atoms with Crippen molar-refractivity contribution in [2.75, 3.05) is 46.1 Å². The molecule has 1 atom stereocenters. The molecule has 0 heterocycles. The van der Waals surface area contributed by atoms with E-state index in [1.54, 1.807) is 0 Å². The monoisotopic (exact) mass is 672 g/mol. The van der Waals surface area contributed by atoms with E-state index in [-0.39, 0.29) is 82.3 Å². The summed E-state index contributed by atoms with van der Waals surface area (Å²) >= 11 is 0. The Bertz CT molecular complexity index is 887. The Labute approximate surface area is 279 Å². The van der Waals surface area contributed by atoms with E-state index < -0.39 is 18.0 Å². The van der Waals surface area contributed by atoms with Gasteiger partial charge in [-0.05, 0) is 19.3 Å². The van der Waals surface area contributed by atoms with Gasteiger partial charge in [-0.15, -0.1) is 0 Å². The van der Waals surface area contributed by atoms with Crippen molar-refractivity contribution in [2.24, 2.45) is 0 Å². The van der Waals surface area contributed by atoms with Gasteiger partial charge in [0.1, 0.15) is 12.6 Å². The maximum absolute atomic E-state index is 12.2. The number of carbonyl (C=O) groups excluding carboxylic acids is 4. The Morgan fingerprint density at radius 3 is 1.55 bits per heavy atom. The minimum Gasteiger partial charge on any atom is -0.481 e. The quantitative estimate of drug-likeness (QED) is 0.0561. The zero-order chi connectivity index (χ0) is 35.0. The fraction of sp³-hybridized carbons (Fsp3) is 0.818. The summed E-state index contributed by atoms with van der Waals surface area (Å²) in [4.78, 5) is 68.7. The molecule has 0 rings (SSSR count). The van der Waals surface area contributed by atoms with Crippen LogP contribution < -0.4 is 21.3 Å². The van der Waals surface area contributed by atoms with E-state index in [9.17, 15) is 33.9 Å². The molecule has 0 saturated carbocycles. The topological polar surface area (TPSA) is 209 Å². The molecule has 0 aromatic heterocycles. The van der Waals surface area contributed by atoms with E-state index in [4.69, 9.17) is 14.6 Å². The Balaban J connectivity index is 3.68. The van der Waals surface area contributed by atoms with Crippen molar-refractivity contribution in [3.05, 3.63) is 0 Å². The first kappa shape index (κ1) is 43.7. The second-order valence-corrected chi connectivity index (χ2v) is 11.7. The Hall–Kier alpha value is -3.26. The van der Waals surface area contributed by atoms with Gasteiger partial charge in [-0.3, -0.25) is 24.0 Å². The van der Waals surface area contributed by atoms with Crippen LogP contribution in [0.1, 0.15) is 122 Å². The summed E-state index contributed by atoms with van der Waals surface area (Å²) in [5, 5.41) is 28.4. The van der Waals surface area contributed by atoms with Crippen molar-refractivity contribution in [3.63, 3.8) is 0 Å². The van der Waals surface area contributed by atoms with Crippen LogP contribution in [0.25, 0.3) is 0 Å². The molecule has 1 unspecified atom stereocenters. The Morgan fingerprint density at radius 2 is 1.02 bits per heavy atom. The van der Waals surface area contributed by atoms with E-state index >= 15 is 0 Å². The van der Waals surface area contributed by atoms with Crippen LogP contribution in [-0.4, -0.2) is 97.9 Å². The molecule has 0 radical (unpaired) electrons. The molecule has 0 spiro atoms. The summed E-state index contributed by atoms with van der Waals surface area (Å²) < 4.78 is 10.5. The summed E-state index contributed by atoms with van der Waals surface area (Å²) in [5.41, 5.74) is 0. The molecule has 0 aliphatic carbocycles. The van der Waals surface area contributed by atoms with Crippen molar-refractivity contribution in [1.29, 1.82) is 0 Å². The van der Waals surface area contributed by atoms with Gasteiger partial charge in [0, 0.05) is 45.8 Å². The van der Waals surface area contributed by atoms with Gasteiger partial charge in [0.25, 0.3) is 0 Å². The van der Waals surface area contributed by atoms with Gasteiger partial charge >= 0.3 is 11.9 Å². The number of carbonyl (C=O) groups is 6. The molecule has 47 heavy (non-hydrogen) atoms. The number of unbranched alkanes of at least 4 members (excludes halogenated alkanes) is 13. The first-order chi connectivity index (χ1) is 22.6. The van der Waals surface area contributed by atoms with Gasteiger partial charge in [0.15, 0.2) is 0 Å². The molecule has 0 bridgehead atoms. The van der Waals surface area contributed by atoms with Crippen LogP contribution in [0.15, 0.2) is 0 Å². The van der Waals surface area contributed by atoms with Crippen molar-refractivity contribution < 1.29 is 48.5 Å². The molecule has 14 heteroatoms. The van der Waals surface area contributed by atoms with Crippen LogP contribution in [0.3, 0.4) is 0 Å². The van der Waals surface area contributed by atoms with Crippen LogP contribution in [0.5, 0.6) is 0 Å². The summed E-state index contributed by atoms with van der Waals surface area (Å²) in [6.07, 6.45) is 15.6. The molecule has 6 N–H and O–H groups in total. The fourth-order valence-corrected chi connectivity index (χ4v) is 4.71. The number of carboxylic acids is 2. The van der Waals surface area contributed by atoms with Crippen LogP contribution in [0.4, 0.5) is 0 Å². The first-order valence-electron chi connectivity index (χ1n) is 17.3. The lowest BCUT2D eigenvalue weighted by Crippen LogP contribution is -2.41. The lowest BCUT2D eigenvalue weighted by molar-refractivity contribution is -0.142. The van der Waals surface area contributed by atoms with Gasteiger partial charge in [-0.2, -0.15) is 0 Å². The standard InChI is InChI=1S/C33H60N4O10/c1-27(38)34-20-21-35-31(41)26-47-25-24-46-23-22-36-29(39)19-18-28(33(44)45)37-30(40)16-14-12-10-8-6-4-2-3-5-7-9-11-13-15-17-32(42)43/h28H,2-26H2,1H3,(H,34,38)(H,35,41)(H,36,39)(H,37,40)(H,42,43)(H,44,45). The normalized spacial score (nSPS) is 11.4.